The third-order valence-corrected chi connectivity index (χ3v) is 7.89. The molecule has 252 valence electrons. The van der Waals surface area contributed by atoms with Crippen LogP contribution in [0.15, 0.2) is 64.7 Å². The van der Waals surface area contributed by atoms with Crippen molar-refractivity contribution in [2.45, 2.75) is 57.5 Å². The van der Waals surface area contributed by atoms with Crippen molar-refractivity contribution in [3.8, 4) is 5.69 Å². The van der Waals surface area contributed by atoms with Crippen LogP contribution in [0, 0.1) is 11.6 Å². The standard InChI is InChI=1S/C15H14FN3O2.C11H15NO4.C6H7FN2.ClH.Na/c16-9-2-1-3-11(8-9)19-15(21)13-12(17-19)6-7-18(14(13)20)10-4-5-10;1-2-16-11(15)9-8(13)5-6-12(10(9)14)7-3-4-7;7-5-2-1-3-6(4-5)9-8;;/h1-3,8,10,17H,4-7H2;7,13H,2-6H2,1H3;1-4,9H,8H2;1H;/q;;;;+1/p-1. The molecule has 2 saturated carbocycles. The second-order valence-corrected chi connectivity index (χ2v) is 11.2. The maximum Gasteiger partial charge on any atom is 1.00 e. The molecule has 48 heavy (non-hydrogen) atoms. The zero-order valence-electron chi connectivity index (χ0n) is 26.7. The van der Waals surface area contributed by atoms with E-state index in [-0.39, 0.29) is 89.7 Å². The van der Waals surface area contributed by atoms with E-state index in [1.165, 1.54) is 35.0 Å². The fraction of sp³-hybridized carbons (Fsp3) is 0.375. The van der Waals surface area contributed by atoms with Crippen LogP contribution in [0.25, 0.3) is 5.69 Å². The summed E-state index contributed by atoms with van der Waals surface area (Å²) in [6, 6.07) is 12.2. The van der Waals surface area contributed by atoms with Crippen molar-refractivity contribution in [3.05, 3.63) is 93.1 Å². The van der Waals surface area contributed by atoms with Gasteiger partial charge < -0.3 is 25.1 Å². The molecule has 4 N–H and O–H groups in total. The van der Waals surface area contributed by atoms with Gasteiger partial charge in [0.2, 0.25) is 0 Å². The molecule has 0 bridgehead atoms. The van der Waals surface area contributed by atoms with E-state index in [2.05, 4.69) is 10.5 Å². The molecule has 12 nitrogen and oxygen atoms in total. The normalized spacial score (nSPS) is 16.7. The third kappa shape index (κ3) is 9.05. The van der Waals surface area contributed by atoms with Gasteiger partial charge in [0.1, 0.15) is 22.8 Å². The Morgan fingerprint density at radius 3 is 2.08 bits per heavy atom. The van der Waals surface area contributed by atoms with Crippen molar-refractivity contribution in [3.63, 3.8) is 0 Å². The van der Waals surface area contributed by atoms with Crippen molar-refractivity contribution < 1.29 is 62.6 Å². The van der Waals surface area contributed by atoms with Crippen LogP contribution in [0.3, 0.4) is 0 Å². The summed E-state index contributed by atoms with van der Waals surface area (Å²) in [6.45, 7) is 2.89. The number of nitrogens with zero attached hydrogens (tertiary/aromatic N) is 3. The number of ether oxygens (including phenoxy) is 1. The number of carbonyl (C=O) groups excluding carboxylic acids is 3. The SMILES string of the molecule is CCOC(=O)C1=C([O-])CCN(C2CC2)C1=O.Cl.NNc1cccc(F)c1.O=C1c2c([nH]n(-c3cccc(F)c3)c2=O)CCN1C1CC1.[Na+]. The smallest absolute Gasteiger partial charge is 0.875 e. The number of H-pyrrole nitrogens is 1. The number of rotatable bonds is 6. The number of esters is 1. The van der Waals surface area contributed by atoms with Gasteiger partial charge in [-0.1, -0.05) is 12.1 Å². The van der Waals surface area contributed by atoms with Gasteiger partial charge in [0.25, 0.3) is 17.4 Å². The van der Waals surface area contributed by atoms with Crippen molar-refractivity contribution in [1.29, 1.82) is 0 Å². The molecular weight excluding hydrogens is 661 g/mol. The van der Waals surface area contributed by atoms with Crippen molar-refractivity contribution in [2.75, 3.05) is 25.1 Å². The number of nitrogen functional groups attached to an aromatic ring is 1. The van der Waals surface area contributed by atoms with Crippen LogP contribution in [0.5, 0.6) is 0 Å². The minimum Gasteiger partial charge on any atom is -0.875 e. The van der Waals surface area contributed by atoms with Crippen LogP contribution in [0.1, 0.15) is 55.1 Å². The Kier molecular flexibility index (Phi) is 13.8. The molecule has 0 saturated heterocycles. The second-order valence-electron chi connectivity index (χ2n) is 11.2. The van der Waals surface area contributed by atoms with Gasteiger partial charge in [-0.05, 0) is 75.4 Å². The largest absolute Gasteiger partial charge is 1.00 e. The summed E-state index contributed by atoms with van der Waals surface area (Å²) in [4.78, 5) is 51.7. The Labute approximate surface area is 303 Å². The van der Waals surface area contributed by atoms with Gasteiger partial charge in [0, 0.05) is 31.6 Å². The molecule has 1 aromatic heterocycles. The van der Waals surface area contributed by atoms with Gasteiger partial charge in [-0.15, -0.1) is 18.2 Å². The number of halogens is 3. The molecule has 2 fully saturated rings. The van der Waals surface area contributed by atoms with E-state index in [0.717, 1.165) is 25.7 Å². The van der Waals surface area contributed by atoms with Crippen LogP contribution < -0.4 is 51.5 Å². The molecule has 2 aromatic carbocycles. The van der Waals surface area contributed by atoms with Crippen molar-refractivity contribution in [1.82, 2.24) is 19.6 Å². The predicted molar refractivity (Wildman–Crippen MR) is 169 cm³/mol. The molecule has 3 heterocycles. The molecule has 4 aliphatic rings. The van der Waals surface area contributed by atoms with E-state index in [4.69, 9.17) is 10.6 Å². The molecule has 16 heteroatoms. The number of hydrogen-bond donors (Lipinski definition) is 3. The number of hydrogen-bond acceptors (Lipinski definition) is 8. The van der Waals surface area contributed by atoms with Crippen LogP contribution >= 0.6 is 12.4 Å². The number of nitrogens with one attached hydrogen (secondary N) is 2. The summed E-state index contributed by atoms with van der Waals surface area (Å²) >= 11 is 0. The Morgan fingerprint density at radius 1 is 0.958 bits per heavy atom. The zero-order chi connectivity index (χ0) is 33.0. The van der Waals surface area contributed by atoms with Crippen molar-refractivity contribution in [2.24, 2.45) is 5.84 Å². The fourth-order valence-electron chi connectivity index (χ4n) is 5.32. The Balaban J connectivity index is 0.000000206. The molecule has 0 radical (unpaired) electrons. The van der Waals surface area contributed by atoms with Gasteiger partial charge in [0.15, 0.2) is 0 Å². The first-order valence-corrected chi connectivity index (χ1v) is 15.1. The second kappa shape index (κ2) is 17.1. The van der Waals surface area contributed by atoms with Gasteiger partial charge in [-0.2, -0.15) is 0 Å². The van der Waals surface area contributed by atoms with Crippen LogP contribution in [-0.4, -0.2) is 69.1 Å². The van der Waals surface area contributed by atoms with Crippen molar-refractivity contribution >= 4 is 35.9 Å². The first-order valence-electron chi connectivity index (χ1n) is 15.1. The Bertz CT molecular complexity index is 1720. The van der Waals surface area contributed by atoms with Gasteiger partial charge >= 0.3 is 35.5 Å². The number of amides is 2. The summed E-state index contributed by atoms with van der Waals surface area (Å²) in [5.74, 6) is 2.49. The molecule has 7 rings (SSSR count). The number of benzene rings is 2. The van der Waals surface area contributed by atoms with E-state index in [0.29, 0.717) is 42.6 Å². The van der Waals surface area contributed by atoms with Crippen LogP contribution in [-0.2, 0) is 20.7 Å². The average Bonchev–Trinajstić information content (AvgIpc) is 3.97. The van der Waals surface area contributed by atoms with E-state index in [9.17, 15) is 33.1 Å². The molecule has 2 aliphatic heterocycles. The molecule has 2 aliphatic carbocycles. The quantitative estimate of drug-likeness (QED) is 0.103. The molecule has 0 unspecified atom stereocenters. The minimum absolute atomic E-state index is 0. The summed E-state index contributed by atoms with van der Waals surface area (Å²) in [6.07, 6.45) is 4.84. The molecule has 0 atom stereocenters. The number of aromatic amines is 1. The molecule has 3 aromatic rings. The number of anilines is 1. The summed E-state index contributed by atoms with van der Waals surface area (Å²) in [5.41, 5.74) is 3.47. The Hall–Kier alpha value is -3.69. The number of hydrazine groups is 1. The van der Waals surface area contributed by atoms with Gasteiger partial charge in [0.05, 0.1) is 23.7 Å². The number of nitrogens with two attached hydrogens (primary N) is 1. The minimum atomic E-state index is -0.775. The average molecular weight is 697 g/mol. The maximum absolute atomic E-state index is 13.3. The zero-order valence-corrected chi connectivity index (χ0v) is 29.5. The number of carbonyl (C=O) groups is 3. The fourth-order valence-corrected chi connectivity index (χ4v) is 5.32. The van der Waals surface area contributed by atoms with Crippen LogP contribution in [0.4, 0.5) is 14.5 Å². The van der Waals surface area contributed by atoms with E-state index < -0.39 is 23.3 Å². The third-order valence-electron chi connectivity index (χ3n) is 7.89. The molecule has 0 spiro atoms. The molecule has 2 amide bonds. The Morgan fingerprint density at radius 2 is 1.54 bits per heavy atom. The summed E-state index contributed by atoms with van der Waals surface area (Å²) in [7, 11) is 0. The van der Waals surface area contributed by atoms with E-state index >= 15 is 0 Å². The topological polar surface area (TPSA) is 166 Å². The predicted octanol–water partition coefficient (Wildman–Crippen LogP) is -0.439. The first-order chi connectivity index (χ1) is 22.1. The molecular formula is C32H36ClF2N6NaO6. The number of fused-ring (bicyclic) bond motifs is 1. The van der Waals surface area contributed by atoms with E-state index in [1.807, 2.05) is 0 Å². The summed E-state index contributed by atoms with van der Waals surface area (Å²) < 4.78 is 31.6. The van der Waals surface area contributed by atoms with E-state index in [1.54, 1.807) is 34.9 Å². The monoisotopic (exact) mass is 696 g/mol. The van der Waals surface area contributed by atoms with Gasteiger partial charge in [-0.3, -0.25) is 25.3 Å². The summed E-state index contributed by atoms with van der Waals surface area (Å²) in [5, 5.41) is 14.5. The van der Waals surface area contributed by atoms with Crippen LogP contribution in [0.2, 0.25) is 0 Å². The maximum atomic E-state index is 13.3. The number of aromatic nitrogens is 2. The first kappa shape index (κ1) is 38.8. The van der Waals surface area contributed by atoms with Gasteiger partial charge in [-0.25, -0.2) is 18.3 Å².